The maximum atomic E-state index is 12.8. The molecule has 0 spiro atoms. The van der Waals surface area contributed by atoms with Crippen molar-refractivity contribution in [2.75, 3.05) is 6.61 Å². The van der Waals surface area contributed by atoms with E-state index in [1.807, 2.05) is 43.3 Å². The number of hydrogen-bond donors (Lipinski definition) is 0. The van der Waals surface area contributed by atoms with Gasteiger partial charge < -0.3 is 4.74 Å². The Kier molecular flexibility index (Phi) is 3.40. The van der Waals surface area contributed by atoms with Gasteiger partial charge in [-0.15, -0.1) is 0 Å². The van der Waals surface area contributed by atoms with E-state index in [4.69, 9.17) is 4.74 Å². The Morgan fingerprint density at radius 3 is 2.71 bits per heavy atom. The van der Waals surface area contributed by atoms with Crippen LogP contribution in [0.5, 0.6) is 5.75 Å². The molecular weight excluding hydrogens is 328 g/mol. The Hall–Kier alpha value is -1.61. The lowest BCUT2D eigenvalue weighted by Crippen LogP contribution is -2.18. The first-order chi connectivity index (χ1) is 9.88. The average Bonchev–Trinajstić information content (AvgIpc) is 2.76. The van der Waals surface area contributed by atoms with Crippen LogP contribution in [-0.2, 0) is 5.41 Å². The molecule has 0 saturated carbocycles. The van der Waals surface area contributed by atoms with Crippen molar-refractivity contribution in [1.82, 2.24) is 0 Å². The number of benzene rings is 2. The fourth-order valence-corrected chi connectivity index (χ4v) is 3.06. The molecule has 3 heteroatoms. The predicted molar refractivity (Wildman–Crippen MR) is 87.3 cm³/mol. The number of ketones is 1. The molecule has 0 fully saturated rings. The van der Waals surface area contributed by atoms with Crippen LogP contribution in [0.25, 0.3) is 0 Å². The van der Waals surface area contributed by atoms with Crippen molar-refractivity contribution in [1.29, 1.82) is 0 Å². The zero-order valence-electron chi connectivity index (χ0n) is 12.4. The van der Waals surface area contributed by atoms with Crippen LogP contribution < -0.4 is 4.74 Å². The fraction of sp³-hybridized carbons (Fsp3) is 0.278. The van der Waals surface area contributed by atoms with Crippen molar-refractivity contribution in [2.24, 2.45) is 0 Å². The maximum absolute atomic E-state index is 12.8. The zero-order chi connectivity index (χ0) is 15.2. The van der Waals surface area contributed by atoms with E-state index < -0.39 is 0 Å². The highest BCUT2D eigenvalue weighted by Crippen LogP contribution is 2.39. The second-order valence-electron chi connectivity index (χ2n) is 6.20. The average molecular weight is 345 g/mol. The fourth-order valence-electron chi connectivity index (χ4n) is 2.63. The highest BCUT2D eigenvalue weighted by atomic mass is 79.9. The van der Waals surface area contributed by atoms with Gasteiger partial charge in [0.25, 0.3) is 0 Å². The first kappa shape index (κ1) is 14.3. The Labute approximate surface area is 133 Å². The van der Waals surface area contributed by atoms with Crippen molar-refractivity contribution < 1.29 is 9.53 Å². The summed E-state index contributed by atoms with van der Waals surface area (Å²) in [7, 11) is 0. The summed E-state index contributed by atoms with van der Waals surface area (Å²) in [4.78, 5) is 12.8. The Morgan fingerprint density at radius 2 is 1.95 bits per heavy atom. The van der Waals surface area contributed by atoms with Gasteiger partial charge >= 0.3 is 0 Å². The number of carbonyl (C=O) groups excluding carboxylic acids is 1. The van der Waals surface area contributed by atoms with Crippen molar-refractivity contribution in [3.63, 3.8) is 0 Å². The summed E-state index contributed by atoms with van der Waals surface area (Å²) in [6, 6.07) is 11.5. The van der Waals surface area contributed by atoms with Crippen LogP contribution in [0.15, 0.2) is 40.9 Å². The monoisotopic (exact) mass is 344 g/mol. The van der Waals surface area contributed by atoms with Crippen LogP contribution in [0.3, 0.4) is 0 Å². The Balaban J connectivity index is 2.06. The summed E-state index contributed by atoms with van der Waals surface area (Å²) < 4.78 is 6.50. The second kappa shape index (κ2) is 4.99. The van der Waals surface area contributed by atoms with Crippen molar-refractivity contribution in [3.05, 3.63) is 63.1 Å². The molecule has 108 valence electrons. The number of ether oxygens (including phenoxy) is 1. The summed E-state index contributed by atoms with van der Waals surface area (Å²) in [6.45, 7) is 6.92. The molecule has 0 aliphatic carbocycles. The standard InChI is InChI=1S/C18H17BrO2/c1-11-4-6-15(19)13(8-11)17(20)12-5-7-16-14(9-12)18(2,3)10-21-16/h4-9H,10H2,1-3H3. The minimum Gasteiger partial charge on any atom is -0.492 e. The van der Waals surface area contributed by atoms with Crippen LogP contribution in [0.1, 0.15) is 40.9 Å². The van der Waals surface area contributed by atoms with Gasteiger partial charge in [-0.25, -0.2) is 0 Å². The lowest BCUT2D eigenvalue weighted by Gasteiger charge is -2.15. The van der Waals surface area contributed by atoms with Gasteiger partial charge in [0.1, 0.15) is 5.75 Å². The molecular formula is C18H17BrO2. The van der Waals surface area contributed by atoms with E-state index in [9.17, 15) is 4.79 Å². The summed E-state index contributed by atoms with van der Waals surface area (Å²) >= 11 is 3.47. The van der Waals surface area contributed by atoms with Gasteiger partial charge in [0.2, 0.25) is 0 Å². The Bertz CT molecular complexity index is 732. The molecule has 21 heavy (non-hydrogen) atoms. The topological polar surface area (TPSA) is 26.3 Å². The molecule has 0 atom stereocenters. The highest BCUT2D eigenvalue weighted by Gasteiger charge is 2.32. The van der Waals surface area contributed by atoms with E-state index in [2.05, 4.69) is 29.8 Å². The second-order valence-corrected chi connectivity index (χ2v) is 7.05. The number of carbonyl (C=O) groups is 1. The molecule has 2 aromatic carbocycles. The van der Waals surface area contributed by atoms with Crippen molar-refractivity contribution in [3.8, 4) is 5.75 Å². The van der Waals surface area contributed by atoms with Crippen LogP contribution in [0.2, 0.25) is 0 Å². The smallest absolute Gasteiger partial charge is 0.194 e. The van der Waals surface area contributed by atoms with Gasteiger partial charge in [-0.1, -0.05) is 41.4 Å². The third kappa shape index (κ3) is 2.51. The first-order valence-corrected chi connectivity index (χ1v) is 7.76. The third-order valence-corrected chi connectivity index (χ3v) is 4.62. The SMILES string of the molecule is Cc1ccc(Br)c(C(=O)c2ccc3c(c2)C(C)(C)CO3)c1. The third-order valence-electron chi connectivity index (χ3n) is 3.93. The number of rotatable bonds is 2. The molecule has 0 amide bonds. The molecule has 0 N–H and O–H groups in total. The van der Waals surface area contributed by atoms with Gasteiger partial charge in [0, 0.05) is 26.6 Å². The lowest BCUT2D eigenvalue weighted by molar-refractivity contribution is 0.103. The molecule has 0 unspecified atom stereocenters. The van der Waals surface area contributed by atoms with Gasteiger partial charge in [-0.05, 0) is 37.3 Å². The molecule has 2 nitrogen and oxygen atoms in total. The summed E-state index contributed by atoms with van der Waals surface area (Å²) in [5, 5.41) is 0. The van der Waals surface area contributed by atoms with Crippen LogP contribution in [-0.4, -0.2) is 12.4 Å². The van der Waals surface area contributed by atoms with Crippen LogP contribution in [0.4, 0.5) is 0 Å². The van der Waals surface area contributed by atoms with E-state index in [0.717, 1.165) is 21.3 Å². The minimum atomic E-state index is -0.0462. The van der Waals surface area contributed by atoms with Gasteiger partial charge in [0.15, 0.2) is 5.78 Å². The van der Waals surface area contributed by atoms with Gasteiger partial charge in [-0.2, -0.15) is 0 Å². The number of fused-ring (bicyclic) bond motifs is 1. The van der Waals surface area contributed by atoms with E-state index >= 15 is 0 Å². The van der Waals surface area contributed by atoms with E-state index in [0.29, 0.717) is 17.7 Å². The molecule has 0 radical (unpaired) electrons. The predicted octanol–water partition coefficient (Wildman–Crippen LogP) is 4.66. The minimum absolute atomic E-state index is 0.0380. The highest BCUT2D eigenvalue weighted by molar-refractivity contribution is 9.10. The molecule has 1 aliphatic rings. The normalized spacial score (nSPS) is 15.4. The molecule has 1 aliphatic heterocycles. The largest absolute Gasteiger partial charge is 0.492 e. The number of halogens is 1. The van der Waals surface area contributed by atoms with Crippen molar-refractivity contribution >= 4 is 21.7 Å². The first-order valence-electron chi connectivity index (χ1n) is 6.97. The van der Waals surface area contributed by atoms with E-state index in [-0.39, 0.29) is 11.2 Å². The molecule has 0 saturated heterocycles. The Morgan fingerprint density at radius 1 is 1.19 bits per heavy atom. The van der Waals surface area contributed by atoms with Crippen LogP contribution in [0, 0.1) is 6.92 Å². The molecule has 0 aromatic heterocycles. The maximum Gasteiger partial charge on any atom is 0.194 e. The van der Waals surface area contributed by atoms with Crippen molar-refractivity contribution in [2.45, 2.75) is 26.2 Å². The molecule has 2 aromatic rings. The van der Waals surface area contributed by atoms with Crippen LogP contribution >= 0.6 is 15.9 Å². The summed E-state index contributed by atoms with van der Waals surface area (Å²) in [5.41, 5.74) is 3.55. The molecule has 1 heterocycles. The van der Waals surface area contributed by atoms with Gasteiger partial charge in [0.05, 0.1) is 6.61 Å². The van der Waals surface area contributed by atoms with E-state index in [1.54, 1.807) is 0 Å². The number of hydrogen-bond acceptors (Lipinski definition) is 2. The van der Waals surface area contributed by atoms with E-state index in [1.165, 1.54) is 0 Å². The summed E-state index contributed by atoms with van der Waals surface area (Å²) in [6.07, 6.45) is 0. The summed E-state index contributed by atoms with van der Waals surface area (Å²) in [5.74, 6) is 0.927. The quantitative estimate of drug-likeness (QED) is 0.740. The van der Waals surface area contributed by atoms with Gasteiger partial charge in [-0.3, -0.25) is 4.79 Å². The zero-order valence-corrected chi connectivity index (χ0v) is 14.0. The number of aryl methyl sites for hydroxylation is 1. The molecule has 3 rings (SSSR count). The molecule has 0 bridgehead atoms. The lowest BCUT2D eigenvalue weighted by atomic mass is 9.85.